The first-order valence-electron chi connectivity index (χ1n) is 5.99. The molecule has 0 bridgehead atoms. The molecule has 2 heteroatoms. The molecule has 0 atom stereocenters. The maximum atomic E-state index is 9.07. The molecule has 1 aliphatic rings. The molecule has 0 saturated heterocycles. The third kappa shape index (κ3) is 1.53. The van der Waals surface area contributed by atoms with Gasteiger partial charge in [0.05, 0.1) is 5.57 Å². The summed E-state index contributed by atoms with van der Waals surface area (Å²) in [5, 5.41) is 18.8. The van der Waals surface area contributed by atoms with Gasteiger partial charge in [-0.25, -0.2) is 0 Å². The molecule has 86 valence electrons. The highest BCUT2D eigenvalue weighted by atomic mass is 14.4. The van der Waals surface area contributed by atoms with Gasteiger partial charge in [-0.05, 0) is 46.4 Å². The van der Waals surface area contributed by atoms with E-state index in [4.69, 9.17) is 10.7 Å². The number of fused-ring (bicyclic) bond motifs is 2. The van der Waals surface area contributed by atoms with Crippen molar-refractivity contribution in [3.63, 3.8) is 0 Å². The Morgan fingerprint density at radius 3 is 2.56 bits per heavy atom. The van der Waals surface area contributed by atoms with E-state index < -0.39 is 0 Å². The fourth-order valence-electron chi connectivity index (χ4n) is 2.64. The van der Waals surface area contributed by atoms with Crippen molar-refractivity contribution in [2.24, 2.45) is 0 Å². The van der Waals surface area contributed by atoms with Gasteiger partial charge in [-0.15, -0.1) is 0 Å². The molecule has 0 aromatic heterocycles. The number of hydrogen-bond acceptors (Lipinski definition) is 2. The molecule has 18 heavy (non-hydrogen) atoms. The van der Waals surface area contributed by atoms with Crippen LogP contribution in [0.15, 0.2) is 42.0 Å². The first-order valence-corrected chi connectivity index (χ1v) is 5.99. The van der Waals surface area contributed by atoms with Crippen molar-refractivity contribution in [3.05, 3.63) is 53.1 Å². The van der Waals surface area contributed by atoms with Crippen molar-refractivity contribution in [3.8, 4) is 6.07 Å². The Morgan fingerprint density at radius 2 is 1.89 bits per heavy atom. The van der Waals surface area contributed by atoms with E-state index in [1.165, 1.54) is 22.6 Å². The molecule has 2 aromatic carbocycles. The van der Waals surface area contributed by atoms with Gasteiger partial charge in [0, 0.05) is 6.21 Å². The maximum absolute atomic E-state index is 9.07. The summed E-state index contributed by atoms with van der Waals surface area (Å²) in [6.07, 6.45) is 3.00. The fourth-order valence-corrected chi connectivity index (χ4v) is 2.64. The summed E-state index contributed by atoms with van der Waals surface area (Å²) in [7, 11) is 0. The van der Waals surface area contributed by atoms with Gasteiger partial charge in [0.15, 0.2) is 0 Å². The van der Waals surface area contributed by atoms with Crippen molar-refractivity contribution in [1.29, 1.82) is 10.7 Å². The van der Waals surface area contributed by atoms with Crippen LogP contribution in [0.5, 0.6) is 0 Å². The molecule has 0 aliphatic heterocycles. The molecule has 0 spiro atoms. The van der Waals surface area contributed by atoms with Crippen LogP contribution in [0.2, 0.25) is 0 Å². The minimum Gasteiger partial charge on any atom is -0.307 e. The molecule has 3 rings (SSSR count). The smallest absolute Gasteiger partial charge is 0.101 e. The molecular formula is C16H12N2. The summed E-state index contributed by atoms with van der Waals surface area (Å²) in [6.45, 7) is 0. The summed E-state index contributed by atoms with van der Waals surface area (Å²) in [5.41, 5.74) is 3.95. The molecule has 2 aromatic rings. The van der Waals surface area contributed by atoms with Gasteiger partial charge in [-0.3, -0.25) is 0 Å². The molecule has 0 radical (unpaired) electrons. The lowest BCUT2D eigenvalue weighted by Gasteiger charge is -2.05. The van der Waals surface area contributed by atoms with E-state index in [2.05, 4.69) is 30.3 Å². The monoisotopic (exact) mass is 232 g/mol. The zero-order valence-corrected chi connectivity index (χ0v) is 9.90. The Labute approximate surface area is 106 Å². The summed E-state index contributed by atoms with van der Waals surface area (Å²) in [5.74, 6) is 0. The van der Waals surface area contributed by atoms with Crippen molar-refractivity contribution in [2.45, 2.75) is 12.8 Å². The highest BCUT2D eigenvalue weighted by Gasteiger charge is 2.19. The van der Waals surface area contributed by atoms with E-state index in [1.54, 1.807) is 0 Å². The van der Waals surface area contributed by atoms with E-state index in [-0.39, 0.29) is 0 Å². The SMILES string of the molecule is N#C/C(C=N)=C1\CCc2cc3ccccc3cc21. The van der Waals surface area contributed by atoms with Crippen molar-refractivity contribution in [1.82, 2.24) is 0 Å². The molecule has 0 heterocycles. The first kappa shape index (κ1) is 10.7. The fraction of sp³-hybridized carbons (Fsp3) is 0.125. The molecule has 2 nitrogen and oxygen atoms in total. The number of hydrogen-bond donors (Lipinski definition) is 1. The first-order chi connectivity index (χ1) is 8.83. The molecular weight excluding hydrogens is 220 g/mol. The predicted molar refractivity (Wildman–Crippen MR) is 73.6 cm³/mol. The quantitative estimate of drug-likeness (QED) is 0.591. The largest absolute Gasteiger partial charge is 0.307 e. The van der Waals surface area contributed by atoms with Crippen LogP contribution in [0.1, 0.15) is 17.5 Å². The Kier molecular flexibility index (Phi) is 2.46. The van der Waals surface area contributed by atoms with Crippen LogP contribution in [0, 0.1) is 16.7 Å². The summed E-state index contributed by atoms with van der Waals surface area (Å²) in [4.78, 5) is 0. The third-order valence-electron chi connectivity index (χ3n) is 3.53. The average molecular weight is 232 g/mol. The van der Waals surface area contributed by atoms with Gasteiger partial charge in [0.1, 0.15) is 6.07 Å². The minimum atomic E-state index is 0.490. The highest BCUT2D eigenvalue weighted by Crippen LogP contribution is 2.36. The van der Waals surface area contributed by atoms with Crippen LogP contribution in [-0.4, -0.2) is 6.21 Å². The predicted octanol–water partition coefficient (Wildman–Crippen LogP) is 3.71. The normalized spacial score (nSPS) is 16.2. The van der Waals surface area contributed by atoms with Crippen molar-refractivity contribution >= 4 is 22.6 Å². The molecule has 0 fully saturated rings. The third-order valence-corrected chi connectivity index (χ3v) is 3.53. The van der Waals surface area contributed by atoms with E-state index in [0.29, 0.717) is 5.57 Å². The zero-order chi connectivity index (χ0) is 12.5. The highest BCUT2D eigenvalue weighted by molar-refractivity contribution is 5.98. The van der Waals surface area contributed by atoms with E-state index >= 15 is 0 Å². The van der Waals surface area contributed by atoms with Crippen LogP contribution < -0.4 is 0 Å². The Morgan fingerprint density at radius 1 is 1.17 bits per heavy atom. The van der Waals surface area contributed by atoms with Crippen molar-refractivity contribution in [2.75, 3.05) is 0 Å². The number of allylic oxidation sites excluding steroid dienone is 2. The molecule has 0 saturated carbocycles. The number of aryl methyl sites for hydroxylation is 1. The van der Waals surface area contributed by atoms with Gasteiger partial charge < -0.3 is 5.41 Å². The molecule has 0 unspecified atom stereocenters. The van der Waals surface area contributed by atoms with Crippen molar-refractivity contribution < 1.29 is 0 Å². The second-order valence-electron chi connectivity index (χ2n) is 4.50. The van der Waals surface area contributed by atoms with Gasteiger partial charge >= 0.3 is 0 Å². The summed E-state index contributed by atoms with van der Waals surface area (Å²) >= 11 is 0. The second-order valence-corrected chi connectivity index (χ2v) is 4.50. The van der Waals surface area contributed by atoms with Gasteiger partial charge in [-0.1, -0.05) is 30.3 Å². The van der Waals surface area contributed by atoms with Crippen LogP contribution in [0.4, 0.5) is 0 Å². The second kappa shape index (κ2) is 4.12. The van der Waals surface area contributed by atoms with Crippen LogP contribution in [-0.2, 0) is 6.42 Å². The van der Waals surface area contributed by atoms with Crippen LogP contribution >= 0.6 is 0 Å². The minimum absolute atomic E-state index is 0.490. The summed E-state index contributed by atoms with van der Waals surface area (Å²) in [6, 6.07) is 14.7. The van der Waals surface area contributed by atoms with E-state index in [1.807, 2.05) is 12.1 Å². The number of nitrogens with one attached hydrogen (secondary N) is 1. The lowest BCUT2D eigenvalue weighted by atomic mass is 9.99. The van der Waals surface area contributed by atoms with Gasteiger partial charge in [0.25, 0.3) is 0 Å². The Hall–Kier alpha value is -2.40. The summed E-state index contributed by atoms with van der Waals surface area (Å²) < 4.78 is 0. The van der Waals surface area contributed by atoms with Gasteiger partial charge in [-0.2, -0.15) is 5.26 Å². The maximum Gasteiger partial charge on any atom is 0.101 e. The number of rotatable bonds is 1. The number of nitriles is 1. The average Bonchev–Trinajstić information content (AvgIpc) is 2.81. The van der Waals surface area contributed by atoms with E-state index in [0.717, 1.165) is 24.0 Å². The standard InChI is InChI=1S/C16H12N2/c17-9-14(10-18)15-6-5-13-7-11-3-1-2-4-12(11)8-16(13)15/h1-4,7-9,17H,5-6H2/b15-14+,17-9?. The molecule has 1 aliphatic carbocycles. The van der Waals surface area contributed by atoms with Crippen LogP contribution in [0.25, 0.3) is 16.3 Å². The lowest BCUT2D eigenvalue weighted by Crippen LogP contribution is -1.88. The van der Waals surface area contributed by atoms with Crippen LogP contribution in [0.3, 0.4) is 0 Å². The van der Waals surface area contributed by atoms with Gasteiger partial charge in [0.2, 0.25) is 0 Å². The van der Waals surface area contributed by atoms with E-state index in [9.17, 15) is 0 Å². The Balaban J connectivity index is 2.29. The number of nitrogens with zero attached hydrogens (tertiary/aromatic N) is 1. The molecule has 0 amide bonds. The topological polar surface area (TPSA) is 47.6 Å². The molecule has 1 N–H and O–H groups in total. The zero-order valence-electron chi connectivity index (χ0n) is 9.90. The Bertz CT molecular complexity index is 717. The lowest BCUT2D eigenvalue weighted by molar-refractivity contribution is 1.08. The number of benzene rings is 2.